The number of rotatable bonds is 6. The molecule has 19 heavy (non-hydrogen) atoms. The minimum atomic E-state index is 0.204. The number of benzene rings is 1. The van der Waals surface area contributed by atoms with Gasteiger partial charge in [-0.1, -0.05) is 22.9 Å². The lowest BCUT2D eigenvalue weighted by atomic mass is 9.98. The molecule has 1 aromatic carbocycles. The van der Waals surface area contributed by atoms with Crippen molar-refractivity contribution in [1.82, 2.24) is 5.32 Å². The van der Waals surface area contributed by atoms with E-state index in [1.54, 1.807) is 7.11 Å². The van der Waals surface area contributed by atoms with E-state index < -0.39 is 0 Å². The Morgan fingerprint density at radius 1 is 1.53 bits per heavy atom. The van der Waals surface area contributed by atoms with E-state index in [4.69, 9.17) is 9.47 Å². The number of hydrogen-bond acceptors (Lipinski definition) is 3. The van der Waals surface area contributed by atoms with Crippen molar-refractivity contribution in [2.24, 2.45) is 0 Å². The zero-order valence-electron chi connectivity index (χ0n) is 11.6. The Balaban J connectivity index is 2.27. The van der Waals surface area contributed by atoms with Gasteiger partial charge in [0.1, 0.15) is 5.75 Å². The molecule has 0 saturated carbocycles. The molecular weight excluding hydrogens is 306 g/mol. The molecule has 1 heterocycles. The van der Waals surface area contributed by atoms with E-state index in [1.165, 1.54) is 5.56 Å². The first-order valence-electron chi connectivity index (χ1n) is 6.94. The van der Waals surface area contributed by atoms with Crippen molar-refractivity contribution in [2.45, 2.75) is 38.3 Å². The molecule has 1 fully saturated rings. The molecule has 0 amide bonds. The van der Waals surface area contributed by atoms with Crippen LogP contribution in [0.4, 0.5) is 0 Å². The molecule has 0 bridgehead atoms. The van der Waals surface area contributed by atoms with Crippen LogP contribution in [0, 0.1) is 0 Å². The fourth-order valence-corrected chi connectivity index (χ4v) is 2.93. The molecule has 0 aliphatic carbocycles. The normalized spacial score (nSPS) is 20.5. The fraction of sp³-hybridized carbons (Fsp3) is 0.600. The Morgan fingerprint density at radius 2 is 2.37 bits per heavy atom. The average molecular weight is 328 g/mol. The molecule has 2 unspecified atom stereocenters. The Hall–Kier alpha value is -0.580. The van der Waals surface area contributed by atoms with Gasteiger partial charge in [-0.3, -0.25) is 0 Å². The molecule has 0 radical (unpaired) electrons. The van der Waals surface area contributed by atoms with Crippen molar-refractivity contribution >= 4 is 15.9 Å². The molecular formula is C15H22BrNO2. The molecule has 1 aliphatic rings. The predicted octanol–water partition coefficient (Wildman–Crippen LogP) is 3.68. The first-order chi connectivity index (χ1) is 9.26. The summed E-state index contributed by atoms with van der Waals surface area (Å²) in [5.41, 5.74) is 1.18. The summed E-state index contributed by atoms with van der Waals surface area (Å²) in [6, 6.07) is 6.35. The molecule has 1 N–H and O–H groups in total. The van der Waals surface area contributed by atoms with Crippen LogP contribution >= 0.6 is 15.9 Å². The molecule has 0 aromatic heterocycles. The maximum absolute atomic E-state index is 5.87. The van der Waals surface area contributed by atoms with Gasteiger partial charge < -0.3 is 14.8 Å². The van der Waals surface area contributed by atoms with Crippen LogP contribution in [0.2, 0.25) is 0 Å². The van der Waals surface area contributed by atoms with Crippen molar-refractivity contribution in [1.29, 1.82) is 0 Å². The summed E-state index contributed by atoms with van der Waals surface area (Å²) in [7, 11) is 1.72. The number of ether oxygens (including phenoxy) is 2. The minimum absolute atomic E-state index is 0.204. The highest BCUT2D eigenvalue weighted by molar-refractivity contribution is 9.10. The predicted molar refractivity (Wildman–Crippen MR) is 80.7 cm³/mol. The highest BCUT2D eigenvalue weighted by Crippen LogP contribution is 2.34. The topological polar surface area (TPSA) is 30.5 Å². The van der Waals surface area contributed by atoms with Gasteiger partial charge in [0.05, 0.1) is 19.3 Å². The molecule has 2 rings (SSSR count). The maximum Gasteiger partial charge on any atom is 0.123 e. The van der Waals surface area contributed by atoms with E-state index in [0.717, 1.165) is 42.6 Å². The van der Waals surface area contributed by atoms with Crippen LogP contribution in [0.1, 0.15) is 37.8 Å². The van der Waals surface area contributed by atoms with Gasteiger partial charge in [0.25, 0.3) is 0 Å². The van der Waals surface area contributed by atoms with E-state index in [0.29, 0.717) is 0 Å². The second-order valence-corrected chi connectivity index (χ2v) is 5.79. The number of hydrogen-bond donors (Lipinski definition) is 1. The Morgan fingerprint density at radius 3 is 3.00 bits per heavy atom. The summed E-state index contributed by atoms with van der Waals surface area (Å²) < 4.78 is 12.5. The van der Waals surface area contributed by atoms with Crippen molar-refractivity contribution in [2.75, 3.05) is 20.3 Å². The molecule has 1 aliphatic heterocycles. The molecule has 4 heteroatoms. The van der Waals surface area contributed by atoms with Gasteiger partial charge in [0.15, 0.2) is 0 Å². The first kappa shape index (κ1) is 14.8. The monoisotopic (exact) mass is 327 g/mol. The number of halogens is 1. The Labute approximate surface area is 123 Å². The van der Waals surface area contributed by atoms with Crippen molar-refractivity contribution in [3.63, 3.8) is 0 Å². The van der Waals surface area contributed by atoms with E-state index in [2.05, 4.69) is 34.2 Å². The molecule has 0 spiro atoms. The van der Waals surface area contributed by atoms with Crippen LogP contribution in [-0.2, 0) is 4.74 Å². The fourth-order valence-electron chi connectivity index (χ4n) is 2.56. The third-order valence-electron chi connectivity index (χ3n) is 3.48. The molecule has 1 aromatic rings. The summed E-state index contributed by atoms with van der Waals surface area (Å²) in [5.74, 6) is 0.923. The minimum Gasteiger partial charge on any atom is -0.496 e. The average Bonchev–Trinajstić information content (AvgIpc) is 2.93. The lowest BCUT2D eigenvalue weighted by Gasteiger charge is -2.26. The summed E-state index contributed by atoms with van der Waals surface area (Å²) >= 11 is 3.55. The first-order valence-corrected chi connectivity index (χ1v) is 7.74. The third kappa shape index (κ3) is 3.71. The van der Waals surface area contributed by atoms with Gasteiger partial charge in [-0.2, -0.15) is 0 Å². The lowest BCUT2D eigenvalue weighted by molar-refractivity contribution is 0.0774. The van der Waals surface area contributed by atoms with Crippen molar-refractivity contribution in [3.05, 3.63) is 28.2 Å². The molecule has 106 valence electrons. The maximum atomic E-state index is 5.87. The van der Waals surface area contributed by atoms with Gasteiger partial charge in [-0.15, -0.1) is 0 Å². The van der Waals surface area contributed by atoms with Crippen LogP contribution in [-0.4, -0.2) is 26.4 Å². The number of methoxy groups -OCH3 is 1. The van der Waals surface area contributed by atoms with E-state index >= 15 is 0 Å². The second-order valence-electron chi connectivity index (χ2n) is 4.87. The van der Waals surface area contributed by atoms with Crippen LogP contribution in [0.5, 0.6) is 5.75 Å². The van der Waals surface area contributed by atoms with Crippen LogP contribution in [0.25, 0.3) is 0 Å². The van der Waals surface area contributed by atoms with Gasteiger partial charge in [-0.05, 0) is 44.0 Å². The molecule has 2 atom stereocenters. The van der Waals surface area contributed by atoms with E-state index in [9.17, 15) is 0 Å². The van der Waals surface area contributed by atoms with E-state index in [-0.39, 0.29) is 12.1 Å². The van der Waals surface area contributed by atoms with Gasteiger partial charge in [-0.25, -0.2) is 0 Å². The smallest absolute Gasteiger partial charge is 0.123 e. The van der Waals surface area contributed by atoms with Gasteiger partial charge in [0, 0.05) is 16.6 Å². The van der Waals surface area contributed by atoms with Crippen LogP contribution in [0.15, 0.2) is 22.7 Å². The van der Waals surface area contributed by atoms with Gasteiger partial charge >= 0.3 is 0 Å². The number of nitrogens with one attached hydrogen (secondary N) is 1. The Bertz CT molecular complexity index is 405. The summed E-state index contributed by atoms with van der Waals surface area (Å²) in [6.45, 7) is 4.03. The largest absolute Gasteiger partial charge is 0.496 e. The van der Waals surface area contributed by atoms with Crippen LogP contribution < -0.4 is 10.1 Å². The lowest BCUT2D eigenvalue weighted by Crippen LogP contribution is -2.32. The summed E-state index contributed by atoms with van der Waals surface area (Å²) in [5, 5.41) is 3.60. The highest BCUT2D eigenvalue weighted by Gasteiger charge is 2.29. The van der Waals surface area contributed by atoms with Crippen molar-refractivity contribution in [3.8, 4) is 5.75 Å². The van der Waals surface area contributed by atoms with E-state index in [1.807, 2.05) is 12.1 Å². The van der Waals surface area contributed by atoms with Gasteiger partial charge in [0.2, 0.25) is 0 Å². The van der Waals surface area contributed by atoms with Crippen LogP contribution in [0.3, 0.4) is 0 Å². The Kier molecular flexibility index (Phi) is 5.67. The third-order valence-corrected chi connectivity index (χ3v) is 3.97. The SMILES string of the molecule is CCCNC(c1cc(Br)ccc1OC)C1CCCO1. The zero-order valence-corrected chi connectivity index (χ0v) is 13.2. The highest BCUT2D eigenvalue weighted by atomic mass is 79.9. The molecule has 3 nitrogen and oxygen atoms in total. The second kappa shape index (κ2) is 7.27. The summed E-state index contributed by atoms with van der Waals surface area (Å²) in [4.78, 5) is 0. The summed E-state index contributed by atoms with van der Waals surface area (Å²) in [6.07, 6.45) is 3.61. The standard InChI is InChI=1S/C15H22BrNO2/c1-3-8-17-15(14-5-4-9-19-14)12-10-11(16)6-7-13(12)18-2/h6-7,10,14-15,17H,3-5,8-9H2,1-2H3. The zero-order chi connectivity index (χ0) is 13.7. The molecule has 1 saturated heterocycles. The quantitative estimate of drug-likeness (QED) is 0.864. The van der Waals surface area contributed by atoms with Crippen molar-refractivity contribution < 1.29 is 9.47 Å².